The molecule has 0 aromatic heterocycles. The third kappa shape index (κ3) is 19.9. The SMILES string of the molecule is [AlH3].[Cu].[LiH].[LiH].[LiH]. The first-order chi connectivity index (χ1) is 0. The Morgan fingerprint density at radius 3 is 0.600 bits per heavy atom. The first kappa shape index (κ1) is 45.4. The van der Waals surface area contributed by atoms with Crippen molar-refractivity contribution in [2.75, 3.05) is 0 Å². The summed E-state index contributed by atoms with van der Waals surface area (Å²) in [5.74, 6) is 0. The van der Waals surface area contributed by atoms with E-state index in [0.29, 0.717) is 0 Å². The van der Waals surface area contributed by atoms with Crippen molar-refractivity contribution in [1.29, 1.82) is 0 Å². The summed E-state index contributed by atoms with van der Waals surface area (Å²) in [6.45, 7) is 0. The Morgan fingerprint density at radius 1 is 0.600 bits per heavy atom. The van der Waals surface area contributed by atoms with Crippen molar-refractivity contribution in [2.45, 2.75) is 0 Å². The van der Waals surface area contributed by atoms with E-state index in [9.17, 15) is 0 Å². The van der Waals surface area contributed by atoms with E-state index in [1.54, 1.807) is 0 Å². The quantitative estimate of drug-likeness (QED) is 0.294. The summed E-state index contributed by atoms with van der Waals surface area (Å²) in [5.41, 5.74) is 0. The van der Waals surface area contributed by atoms with Gasteiger partial charge in [0, 0.05) is 17.1 Å². The second-order valence-electron chi connectivity index (χ2n) is 0. The molecule has 0 heterocycles. The van der Waals surface area contributed by atoms with Crippen LogP contribution < -0.4 is 0 Å². The molecule has 0 saturated carbocycles. The topological polar surface area (TPSA) is 0 Å². The average molecular weight is 117 g/mol. The molecule has 1 radical (unpaired) electrons. The first-order valence-corrected chi connectivity index (χ1v) is 0. The third-order valence-electron chi connectivity index (χ3n) is 0. The number of rotatable bonds is 0. The second-order valence-corrected chi connectivity index (χ2v) is 0. The van der Waals surface area contributed by atoms with Crippen molar-refractivity contribution < 1.29 is 17.1 Å². The van der Waals surface area contributed by atoms with Gasteiger partial charge in [0.15, 0.2) is 17.4 Å². The van der Waals surface area contributed by atoms with E-state index in [-0.39, 0.29) is 91.0 Å². The van der Waals surface area contributed by atoms with Gasteiger partial charge in [-0.2, -0.15) is 0 Å². The van der Waals surface area contributed by atoms with Crippen LogP contribution in [0.25, 0.3) is 0 Å². The maximum absolute atomic E-state index is 0. The molecular weight excluding hydrogens is 111 g/mol. The van der Waals surface area contributed by atoms with Gasteiger partial charge in [0.25, 0.3) is 0 Å². The van der Waals surface area contributed by atoms with Gasteiger partial charge in [-0.15, -0.1) is 0 Å². The van der Waals surface area contributed by atoms with E-state index in [2.05, 4.69) is 0 Å². The molecular formula is H6AlCuLi3. The van der Waals surface area contributed by atoms with Gasteiger partial charge in [-0.3, -0.25) is 0 Å². The fourth-order valence-corrected chi connectivity index (χ4v) is 0. The van der Waals surface area contributed by atoms with Gasteiger partial charge in [-0.25, -0.2) is 0 Å². The zero-order valence-corrected chi connectivity index (χ0v) is 1.24. The molecule has 5 heteroatoms. The van der Waals surface area contributed by atoms with Crippen molar-refractivity contribution >= 4 is 73.9 Å². The summed E-state index contributed by atoms with van der Waals surface area (Å²) in [6.07, 6.45) is 0. The summed E-state index contributed by atoms with van der Waals surface area (Å²) in [5, 5.41) is 0. The minimum absolute atomic E-state index is 0. The normalized spacial score (nSPS) is 0. The van der Waals surface area contributed by atoms with Crippen LogP contribution in [0.4, 0.5) is 0 Å². The molecule has 0 aromatic carbocycles. The molecule has 0 N–H and O–H groups in total. The molecule has 0 unspecified atom stereocenters. The number of hydrogen-bond acceptors (Lipinski definition) is 0. The Bertz CT molecular complexity index is 6.85. The predicted octanol–water partition coefficient (Wildman–Crippen LogP) is -3.13. The molecule has 0 bridgehead atoms. The van der Waals surface area contributed by atoms with E-state index in [4.69, 9.17) is 0 Å². The summed E-state index contributed by atoms with van der Waals surface area (Å²) in [6, 6.07) is 0. The molecule has 0 spiro atoms. The molecule has 0 aliphatic carbocycles. The van der Waals surface area contributed by atoms with E-state index in [1.165, 1.54) is 0 Å². The molecule has 0 aliphatic heterocycles. The van der Waals surface area contributed by atoms with E-state index < -0.39 is 0 Å². The summed E-state index contributed by atoms with van der Waals surface area (Å²) in [7, 11) is 0. The molecule has 0 aliphatic rings. The van der Waals surface area contributed by atoms with Crippen LogP contribution in [0.15, 0.2) is 0 Å². The van der Waals surface area contributed by atoms with Gasteiger partial charge in [0.1, 0.15) is 0 Å². The molecule has 0 amide bonds. The Labute approximate surface area is 89.7 Å². The predicted molar refractivity (Wildman–Crippen MR) is 31.4 cm³/mol. The monoisotopic (exact) mass is 117 g/mol. The molecule has 0 rings (SSSR count). The van der Waals surface area contributed by atoms with Crippen molar-refractivity contribution in [1.82, 2.24) is 0 Å². The molecule has 23 valence electrons. The zero-order valence-electron chi connectivity index (χ0n) is 0.302. The minimum atomic E-state index is 0. The Balaban J connectivity index is 0. The van der Waals surface area contributed by atoms with Gasteiger partial charge >= 0.3 is 56.6 Å². The Kier molecular flexibility index (Phi) is 263. The van der Waals surface area contributed by atoms with Gasteiger partial charge in [0.2, 0.25) is 0 Å². The number of hydrogen-bond donors (Lipinski definition) is 0. The zero-order chi connectivity index (χ0) is 0. The van der Waals surface area contributed by atoms with Crippen LogP contribution in [0.1, 0.15) is 0 Å². The first-order valence-electron chi connectivity index (χ1n) is 0. The van der Waals surface area contributed by atoms with Crippen LogP contribution in [-0.4, -0.2) is 73.9 Å². The molecule has 5 heavy (non-hydrogen) atoms. The fraction of sp³-hybridized carbons (Fsp3) is 0. The van der Waals surface area contributed by atoms with Crippen molar-refractivity contribution in [3.63, 3.8) is 0 Å². The van der Waals surface area contributed by atoms with Crippen molar-refractivity contribution in [2.24, 2.45) is 0 Å². The Hall–Kier alpha value is 2.84. The van der Waals surface area contributed by atoms with Gasteiger partial charge in [0.05, 0.1) is 0 Å². The van der Waals surface area contributed by atoms with Gasteiger partial charge < -0.3 is 0 Å². The van der Waals surface area contributed by atoms with Crippen molar-refractivity contribution in [3.8, 4) is 0 Å². The fourth-order valence-electron chi connectivity index (χ4n) is 0. The van der Waals surface area contributed by atoms with Crippen LogP contribution in [0.3, 0.4) is 0 Å². The average Bonchev–Trinajstić information content (AvgIpc) is 0. The molecule has 0 saturated heterocycles. The van der Waals surface area contributed by atoms with Crippen molar-refractivity contribution in [3.05, 3.63) is 0 Å². The maximum atomic E-state index is 0. The third-order valence-corrected chi connectivity index (χ3v) is 0. The second kappa shape index (κ2) is 28.9. The Morgan fingerprint density at radius 2 is 0.600 bits per heavy atom. The van der Waals surface area contributed by atoms with Crippen LogP contribution in [0, 0.1) is 0 Å². The van der Waals surface area contributed by atoms with E-state index in [0.717, 1.165) is 0 Å². The standard InChI is InChI=1S/Al.Cu.3Li.6H. The van der Waals surface area contributed by atoms with E-state index >= 15 is 0 Å². The molecule has 0 fully saturated rings. The molecule has 0 nitrogen and oxygen atoms in total. The van der Waals surface area contributed by atoms with Crippen LogP contribution in [0.2, 0.25) is 0 Å². The summed E-state index contributed by atoms with van der Waals surface area (Å²) in [4.78, 5) is 0. The van der Waals surface area contributed by atoms with Gasteiger partial charge in [-0.05, 0) is 0 Å². The van der Waals surface area contributed by atoms with Crippen LogP contribution in [-0.2, 0) is 17.1 Å². The molecule has 0 atom stereocenters. The van der Waals surface area contributed by atoms with Crippen LogP contribution >= 0.6 is 0 Å². The molecule has 0 aromatic rings. The summed E-state index contributed by atoms with van der Waals surface area (Å²) >= 11 is 0. The van der Waals surface area contributed by atoms with E-state index in [1.807, 2.05) is 0 Å². The van der Waals surface area contributed by atoms with Crippen LogP contribution in [0.5, 0.6) is 0 Å². The summed E-state index contributed by atoms with van der Waals surface area (Å²) < 4.78 is 0. The van der Waals surface area contributed by atoms with Gasteiger partial charge in [-0.1, -0.05) is 0 Å².